The Balaban J connectivity index is 1.68. The van der Waals surface area contributed by atoms with Crippen LogP contribution in [0.3, 0.4) is 0 Å². The maximum absolute atomic E-state index is 10.4. The number of hydrogen-bond donors (Lipinski definition) is 1. The minimum atomic E-state index is -0.347. The van der Waals surface area contributed by atoms with Crippen LogP contribution in [0.2, 0.25) is 0 Å². The van der Waals surface area contributed by atoms with E-state index in [1.807, 2.05) is 18.2 Å². The summed E-state index contributed by atoms with van der Waals surface area (Å²) in [7, 11) is 0. The molecular formula is C26H35NO2S. The summed E-state index contributed by atoms with van der Waals surface area (Å²) < 4.78 is 5.90. The van der Waals surface area contributed by atoms with Crippen LogP contribution >= 0.6 is 11.3 Å². The van der Waals surface area contributed by atoms with Gasteiger partial charge in [-0.15, -0.1) is 0 Å². The predicted octanol–water partition coefficient (Wildman–Crippen LogP) is 5.86. The van der Waals surface area contributed by atoms with Gasteiger partial charge in [-0.05, 0) is 86.3 Å². The number of thiophene rings is 1. The summed E-state index contributed by atoms with van der Waals surface area (Å²) in [5.74, 6) is 7.17. The second-order valence-electron chi connectivity index (χ2n) is 8.46. The molecule has 1 aromatic carbocycles. The van der Waals surface area contributed by atoms with E-state index in [1.54, 1.807) is 11.3 Å². The summed E-state index contributed by atoms with van der Waals surface area (Å²) in [4.78, 5) is 2.23. The fourth-order valence-corrected chi connectivity index (χ4v) is 3.61. The first-order valence-electron chi connectivity index (χ1n) is 10.7. The standard InChI is InChI=1S/C26H35NO2S/c1-5-27(16-8-6-7-15-26(2,3)4)20-24(28)12-10-17-29-25-13-9-11-22(19-25)23-14-18-30-21-23/h6,8-9,11,13-14,18-19,21,24,28H,5,10,12,16-17,20H2,1-4H3/b8-6+. The molecule has 0 spiro atoms. The molecule has 0 saturated carbocycles. The average molecular weight is 426 g/mol. The van der Waals surface area contributed by atoms with Gasteiger partial charge in [0, 0.05) is 18.5 Å². The van der Waals surface area contributed by atoms with Crippen LogP contribution in [-0.2, 0) is 0 Å². The van der Waals surface area contributed by atoms with Crippen LogP contribution < -0.4 is 4.74 Å². The molecule has 30 heavy (non-hydrogen) atoms. The van der Waals surface area contributed by atoms with E-state index in [9.17, 15) is 5.11 Å². The van der Waals surface area contributed by atoms with Gasteiger partial charge in [0.1, 0.15) is 5.75 Å². The van der Waals surface area contributed by atoms with E-state index in [2.05, 4.69) is 79.5 Å². The van der Waals surface area contributed by atoms with E-state index in [4.69, 9.17) is 4.74 Å². The van der Waals surface area contributed by atoms with Gasteiger partial charge in [0.2, 0.25) is 0 Å². The Labute approximate surface area is 186 Å². The van der Waals surface area contributed by atoms with Crippen molar-refractivity contribution >= 4 is 11.3 Å². The highest BCUT2D eigenvalue weighted by molar-refractivity contribution is 7.08. The van der Waals surface area contributed by atoms with Gasteiger partial charge in [-0.2, -0.15) is 11.3 Å². The van der Waals surface area contributed by atoms with Gasteiger partial charge in [0.25, 0.3) is 0 Å². The maximum Gasteiger partial charge on any atom is 0.119 e. The monoisotopic (exact) mass is 425 g/mol. The minimum absolute atomic E-state index is 0.0261. The number of aliphatic hydroxyl groups excluding tert-OH is 1. The molecule has 1 atom stereocenters. The summed E-state index contributed by atoms with van der Waals surface area (Å²) in [5.41, 5.74) is 2.42. The fourth-order valence-electron chi connectivity index (χ4n) is 2.94. The van der Waals surface area contributed by atoms with Crippen molar-refractivity contribution in [3.8, 4) is 28.7 Å². The van der Waals surface area contributed by atoms with Gasteiger partial charge in [0.05, 0.1) is 12.7 Å². The summed E-state index contributed by atoms with van der Waals surface area (Å²) in [6, 6.07) is 10.3. The predicted molar refractivity (Wildman–Crippen MR) is 129 cm³/mol. The normalized spacial score (nSPS) is 12.7. The molecule has 0 saturated heterocycles. The quantitative estimate of drug-likeness (QED) is 0.361. The number of aliphatic hydroxyl groups is 1. The molecule has 3 nitrogen and oxygen atoms in total. The number of ether oxygens (including phenoxy) is 1. The Hall–Kier alpha value is -2.06. The van der Waals surface area contributed by atoms with Crippen molar-refractivity contribution in [1.82, 2.24) is 4.90 Å². The summed E-state index contributed by atoms with van der Waals surface area (Å²) >= 11 is 1.70. The van der Waals surface area contributed by atoms with E-state index in [0.717, 1.165) is 31.7 Å². The summed E-state index contributed by atoms with van der Waals surface area (Å²) in [5, 5.41) is 14.6. The molecule has 4 heteroatoms. The van der Waals surface area contributed by atoms with E-state index in [-0.39, 0.29) is 11.5 Å². The van der Waals surface area contributed by atoms with Crippen LogP contribution in [0.1, 0.15) is 40.5 Å². The third-order valence-electron chi connectivity index (χ3n) is 4.57. The first-order chi connectivity index (χ1) is 14.4. The van der Waals surface area contributed by atoms with Crippen molar-refractivity contribution in [1.29, 1.82) is 0 Å². The molecule has 0 aliphatic heterocycles. The van der Waals surface area contributed by atoms with Gasteiger partial charge in [-0.1, -0.05) is 37.0 Å². The molecule has 1 unspecified atom stereocenters. The molecule has 162 valence electrons. The molecule has 0 radical (unpaired) electrons. The Bertz CT molecular complexity index is 825. The van der Waals surface area contributed by atoms with Crippen molar-refractivity contribution < 1.29 is 9.84 Å². The van der Waals surface area contributed by atoms with Crippen LogP contribution in [0.25, 0.3) is 11.1 Å². The van der Waals surface area contributed by atoms with E-state index >= 15 is 0 Å². The van der Waals surface area contributed by atoms with E-state index in [1.165, 1.54) is 11.1 Å². The number of likely N-dealkylation sites (N-methyl/N-ethyl adjacent to an activating group) is 1. The number of nitrogens with zero attached hydrogens (tertiary/aromatic N) is 1. The van der Waals surface area contributed by atoms with Crippen molar-refractivity contribution in [2.75, 3.05) is 26.2 Å². The second-order valence-corrected chi connectivity index (χ2v) is 9.24. The minimum Gasteiger partial charge on any atom is -0.494 e. The van der Waals surface area contributed by atoms with Crippen LogP contribution in [0.5, 0.6) is 5.75 Å². The highest BCUT2D eigenvalue weighted by Gasteiger charge is 2.09. The topological polar surface area (TPSA) is 32.7 Å². The second kappa shape index (κ2) is 12.6. The number of rotatable bonds is 11. The lowest BCUT2D eigenvalue weighted by Gasteiger charge is -2.22. The Morgan fingerprint density at radius 2 is 2.07 bits per heavy atom. The van der Waals surface area contributed by atoms with Crippen LogP contribution in [0.15, 0.2) is 53.2 Å². The van der Waals surface area contributed by atoms with Crippen molar-refractivity contribution in [2.45, 2.75) is 46.6 Å². The van der Waals surface area contributed by atoms with Crippen LogP contribution in [0, 0.1) is 17.3 Å². The SMILES string of the molecule is CCN(C/C=C/C#CC(C)(C)C)CC(O)CCCOc1cccc(-c2ccsc2)c1. The number of allylic oxidation sites excluding steroid dienone is 1. The summed E-state index contributed by atoms with van der Waals surface area (Å²) in [6.07, 6.45) is 5.19. The van der Waals surface area contributed by atoms with Gasteiger partial charge < -0.3 is 9.84 Å². The van der Waals surface area contributed by atoms with Crippen molar-refractivity contribution in [3.63, 3.8) is 0 Å². The zero-order valence-corrected chi connectivity index (χ0v) is 19.5. The van der Waals surface area contributed by atoms with E-state index in [0.29, 0.717) is 13.2 Å². The zero-order valence-electron chi connectivity index (χ0n) is 18.7. The van der Waals surface area contributed by atoms with Gasteiger partial charge in [-0.25, -0.2) is 0 Å². The molecule has 0 aliphatic rings. The smallest absolute Gasteiger partial charge is 0.119 e. The molecule has 0 amide bonds. The molecule has 1 aromatic heterocycles. The third kappa shape index (κ3) is 9.63. The van der Waals surface area contributed by atoms with E-state index < -0.39 is 0 Å². The molecule has 2 rings (SSSR count). The third-order valence-corrected chi connectivity index (χ3v) is 5.25. The largest absolute Gasteiger partial charge is 0.494 e. The van der Waals surface area contributed by atoms with Crippen molar-refractivity contribution in [3.05, 3.63) is 53.2 Å². The molecule has 0 fully saturated rings. The lowest BCUT2D eigenvalue weighted by molar-refractivity contribution is 0.107. The number of hydrogen-bond acceptors (Lipinski definition) is 4. The van der Waals surface area contributed by atoms with Gasteiger partial charge in [0.15, 0.2) is 0 Å². The fraction of sp³-hybridized carbons (Fsp3) is 0.462. The first kappa shape index (κ1) is 24.2. The average Bonchev–Trinajstić information content (AvgIpc) is 3.24. The Morgan fingerprint density at radius 1 is 1.23 bits per heavy atom. The Kier molecular flexibility index (Phi) is 10.2. The van der Waals surface area contributed by atoms with Gasteiger partial charge in [-0.3, -0.25) is 4.90 Å². The number of benzene rings is 1. The lowest BCUT2D eigenvalue weighted by Crippen LogP contribution is -2.32. The molecule has 0 bridgehead atoms. The van der Waals surface area contributed by atoms with Crippen LogP contribution in [-0.4, -0.2) is 42.4 Å². The molecule has 1 heterocycles. The maximum atomic E-state index is 10.4. The lowest BCUT2D eigenvalue weighted by atomic mass is 9.98. The van der Waals surface area contributed by atoms with Crippen LogP contribution in [0.4, 0.5) is 0 Å². The summed E-state index contributed by atoms with van der Waals surface area (Å²) in [6.45, 7) is 11.4. The van der Waals surface area contributed by atoms with Crippen molar-refractivity contribution in [2.24, 2.45) is 5.41 Å². The molecular weight excluding hydrogens is 390 g/mol. The first-order valence-corrected chi connectivity index (χ1v) is 11.6. The molecule has 1 N–H and O–H groups in total. The molecule has 0 aliphatic carbocycles. The Morgan fingerprint density at radius 3 is 2.77 bits per heavy atom. The zero-order chi connectivity index (χ0) is 21.8. The molecule has 2 aromatic rings. The van der Waals surface area contributed by atoms with Gasteiger partial charge >= 0.3 is 0 Å². The highest BCUT2D eigenvalue weighted by Crippen LogP contribution is 2.25. The highest BCUT2D eigenvalue weighted by atomic mass is 32.1.